The first-order valence-electron chi connectivity index (χ1n) is 6.39. The second-order valence-corrected chi connectivity index (χ2v) is 4.84. The lowest BCUT2D eigenvalue weighted by Crippen LogP contribution is -2.12. The van der Waals surface area contributed by atoms with Crippen LogP contribution in [0.15, 0.2) is 48.8 Å². The van der Waals surface area contributed by atoms with E-state index in [2.05, 4.69) is 4.98 Å². The summed E-state index contributed by atoms with van der Waals surface area (Å²) in [5.41, 5.74) is -3.15. The highest BCUT2D eigenvalue weighted by Gasteiger charge is 2.39. The molecule has 0 aliphatic rings. The molecule has 120 valence electrons. The van der Waals surface area contributed by atoms with Gasteiger partial charge in [-0.25, -0.2) is 4.98 Å². The van der Waals surface area contributed by atoms with Crippen molar-refractivity contribution < 1.29 is 26.3 Å². The monoisotopic (exact) mass is 330 g/mol. The molecule has 1 heterocycles. The fourth-order valence-electron chi connectivity index (χ4n) is 2.31. The Balaban J connectivity index is 2.36. The number of fused-ring (bicyclic) bond motifs is 1. The zero-order chi connectivity index (χ0) is 16.8. The second kappa shape index (κ2) is 5.00. The Kier molecular flexibility index (Phi) is 3.35. The highest BCUT2D eigenvalue weighted by Crippen LogP contribution is 2.40. The maximum atomic E-state index is 13.3. The molecule has 0 radical (unpaired) electrons. The Morgan fingerprint density at radius 1 is 0.826 bits per heavy atom. The first-order chi connectivity index (χ1) is 10.7. The van der Waals surface area contributed by atoms with E-state index < -0.39 is 29.0 Å². The number of aromatic nitrogens is 2. The van der Waals surface area contributed by atoms with Crippen molar-refractivity contribution in [3.05, 3.63) is 59.9 Å². The largest absolute Gasteiger partial charge is 0.418 e. The number of halogens is 6. The minimum absolute atomic E-state index is 0.115. The van der Waals surface area contributed by atoms with E-state index in [-0.39, 0.29) is 11.6 Å². The van der Waals surface area contributed by atoms with Gasteiger partial charge in [0.25, 0.3) is 0 Å². The van der Waals surface area contributed by atoms with Gasteiger partial charge in [-0.1, -0.05) is 18.2 Å². The molecule has 0 saturated carbocycles. The highest BCUT2D eigenvalue weighted by atomic mass is 19.4. The molecule has 2 nitrogen and oxygen atoms in total. The van der Waals surface area contributed by atoms with Crippen LogP contribution in [0, 0.1) is 0 Å². The van der Waals surface area contributed by atoms with Gasteiger partial charge in [0.15, 0.2) is 0 Å². The Morgan fingerprint density at radius 3 is 2.04 bits per heavy atom. The van der Waals surface area contributed by atoms with Crippen molar-refractivity contribution in [3.8, 4) is 5.69 Å². The highest BCUT2D eigenvalue weighted by molar-refractivity contribution is 5.82. The molecular weight excluding hydrogens is 322 g/mol. The third kappa shape index (κ3) is 2.76. The van der Waals surface area contributed by atoms with Crippen LogP contribution < -0.4 is 0 Å². The van der Waals surface area contributed by atoms with Gasteiger partial charge in [0.1, 0.15) is 6.33 Å². The molecule has 1 aromatic heterocycles. The van der Waals surface area contributed by atoms with Crippen molar-refractivity contribution in [1.29, 1.82) is 0 Å². The van der Waals surface area contributed by atoms with Crippen LogP contribution in [-0.2, 0) is 12.4 Å². The van der Waals surface area contributed by atoms with Gasteiger partial charge in [-0.05, 0) is 24.3 Å². The summed E-state index contributed by atoms with van der Waals surface area (Å²) in [6, 6.07) is 8.71. The molecule has 8 heteroatoms. The summed E-state index contributed by atoms with van der Waals surface area (Å²) in [7, 11) is 0. The third-order valence-electron chi connectivity index (χ3n) is 3.31. The molecule has 0 unspecified atom stereocenters. The molecule has 0 fully saturated rings. The van der Waals surface area contributed by atoms with Gasteiger partial charge >= 0.3 is 12.4 Å². The summed E-state index contributed by atoms with van der Waals surface area (Å²) in [5.74, 6) is 0. The van der Waals surface area contributed by atoms with Crippen LogP contribution in [0.1, 0.15) is 11.1 Å². The number of benzene rings is 2. The van der Waals surface area contributed by atoms with Gasteiger partial charge in [0.2, 0.25) is 0 Å². The lowest BCUT2D eigenvalue weighted by molar-refractivity contribution is -0.142. The lowest BCUT2D eigenvalue weighted by atomic mass is 10.1. The smallest absolute Gasteiger partial charge is 0.298 e. The first-order valence-corrected chi connectivity index (χ1v) is 6.39. The molecule has 0 aliphatic heterocycles. The molecule has 0 bridgehead atoms. The van der Waals surface area contributed by atoms with E-state index in [9.17, 15) is 26.3 Å². The molecule has 0 N–H and O–H groups in total. The maximum Gasteiger partial charge on any atom is 0.418 e. The molecule has 3 aromatic rings. The molecule has 0 aliphatic carbocycles. The second-order valence-electron chi connectivity index (χ2n) is 4.84. The molecule has 0 saturated heterocycles. The van der Waals surface area contributed by atoms with Crippen molar-refractivity contribution in [1.82, 2.24) is 9.55 Å². The summed E-state index contributed by atoms with van der Waals surface area (Å²) in [6.45, 7) is 0. The fourth-order valence-corrected chi connectivity index (χ4v) is 2.31. The van der Waals surface area contributed by atoms with E-state index in [4.69, 9.17) is 0 Å². The van der Waals surface area contributed by atoms with Gasteiger partial charge in [-0.3, -0.25) is 4.57 Å². The van der Waals surface area contributed by atoms with Crippen molar-refractivity contribution >= 4 is 11.0 Å². The fraction of sp³-hybridized carbons (Fsp3) is 0.133. The van der Waals surface area contributed by atoms with Crippen molar-refractivity contribution in [3.63, 3.8) is 0 Å². The number of hydrogen-bond donors (Lipinski definition) is 0. The average Bonchev–Trinajstić information content (AvgIpc) is 2.89. The maximum absolute atomic E-state index is 13.3. The number of alkyl halides is 6. The van der Waals surface area contributed by atoms with Gasteiger partial charge in [0.05, 0.1) is 22.2 Å². The predicted molar refractivity (Wildman–Crippen MR) is 71.1 cm³/mol. The van der Waals surface area contributed by atoms with E-state index in [0.29, 0.717) is 11.8 Å². The molecule has 0 amide bonds. The lowest BCUT2D eigenvalue weighted by Gasteiger charge is -2.14. The summed E-state index contributed by atoms with van der Waals surface area (Å²) in [6.07, 6.45) is -8.74. The molecule has 2 aromatic carbocycles. The predicted octanol–water partition coefficient (Wildman–Crippen LogP) is 5.06. The topological polar surface area (TPSA) is 17.8 Å². The van der Waals surface area contributed by atoms with Crippen LogP contribution in [-0.4, -0.2) is 9.55 Å². The zero-order valence-electron chi connectivity index (χ0n) is 11.3. The summed E-state index contributed by atoms with van der Waals surface area (Å²) >= 11 is 0. The average molecular weight is 330 g/mol. The zero-order valence-corrected chi connectivity index (χ0v) is 11.3. The molecule has 0 atom stereocenters. The molecule has 3 rings (SSSR count). The minimum atomic E-state index is -4.94. The normalized spacial score (nSPS) is 12.8. The van der Waals surface area contributed by atoms with Crippen LogP contribution in [0.4, 0.5) is 26.3 Å². The molecule has 0 spiro atoms. The number of nitrogens with zero attached hydrogens (tertiary/aromatic N) is 2. The molecular formula is C15H8F6N2. The van der Waals surface area contributed by atoms with E-state index in [0.717, 1.165) is 10.9 Å². The van der Waals surface area contributed by atoms with Crippen LogP contribution >= 0.6 is 0 Å². The SMILES string of the molecule is FC(F)(F)c1cc(C(F)(F)F)c2c(c1)ncn2-c1ccccc1. The number of para-hydroxylation sites is 1. The van der Waals surface area contributed by atoms with E-state index >= 15 is 0 Å². The van der Waals surface area contributed by atoms with Crippen LogP contribution in [0.3, 0.4) is 0 Å². The van der Waals surface area contributed by atoms with E-state index in [1.54, 1.807) is 30.3 Å². The quantitative estimate of drug-likeness (QED) is 0.570. The Hall–Kier alpha value is -2.51. The van der Waals surface area contributed by atoms with Crippen molar-refractivity contribution in [2.24, 2.45) is 0 Å². The Bertz CT molecular complexity index is 846. The van der Waals surface area contributed by atoms with Crippen molar-refractivity contribution in [2.75, 3.05) is 0 Å². The van der Waals surface area contributed by atoms with Gasteiger partial charge in [-0.2, -0.15) is 26.3 Å². The summed E-state index contributed by atoms with van der Waals surface area (Å²) in [5, 5.41) is 0. The van der Waals surface area contributed by atoms with E-state index in [1.807, 2.05) is 0 Å². The standard InChI is InChI=1S/C15H8F6N2/c16-14(17,18)9-6-11(15(19,20)21)13-12(7-9)22-8-23(13)10-4-2-1-3-5-10/h1-8H. The van der Waals surface area contributed by atoms with Crippen LogP contribution in [0.2, 0.25) is 0 Å². The summed E-state index contributed by atoms with van der Waals surface area (Å²) < 4.78 is 79.3. The Morgan fingerprint density at radius 2 is 1.48 bits per heavy atom. The summed E-state index contributed by atoms with van der Waals surface area (Å²) in [4.78, 5) is 3.71. The van der Waals surface area contributed by atoms with E-state index in [1.165, 1.54) is 0 Å². The van der Waals surface area contributed by atoms with Crippen LogP contribution in [0.5, 0.6) is 0 Å². The first kappa shape index (κ1) is 15.4. The van der Waals surface area contributed by atoms with Gasteiger partial charge in [0, 0.05) is 5.69 Å². The minimum Gasteiger partial charge on any atom is -0.298 e. The number of hydrogen-bond acceptors (Lipinski definition) is 1. The van der Waals surface area contributed by atoms with Gasteiger partial charge < -0.3 is 0 Å². The number of imidazole rings is 1. The van der Waals surface area contributed by atoms with Gasteiger partial charge in [-0.15, -0.1) is 0 Å². The third-order valence-corrected chi connectivity index (χ3v) is 3.31. The molecule has 23 heavy (non-hydrogen) atoms. The number of rotatable bonds is 1. The van der Waals surface area contributed by atoms with Crippen molar-refractivity contribution in [2.45, 2.75) is 12.4 Å². The van der Waals surface area contributed by atoms with Crippen LogP contribution in [0.25, 0.3) is 16.7 Å². The Labute approximate surface area is 126 Å².